The van der Waals surface area contributed by atoms with E-state index in [1.165, 1.54) is 16.4 Å². The Balaban J connectivity index is 2.33. The number of para-hydroxylation sites is 1. The third kappa shape index (κ3) is 4.36. The normalized spacial score (nSPS) is 21.9. The number of rotatable bonds is 4. The molecule has 2 atom stereocenters. The van der Waals surface area contributed by atoms with Gasteiger partial charge < -0.3 is 10.5 Å². The van der Waals surface area contributed by atoms with Crippen molar-refractivity contribution in [3.8, 4) is 5.75 Å². The predicted molar refractivity (Wildman–Crippen MR) is 78.3 cm³/mol. The molecule has 2 N–H and O–H groups in total. The van der Waals surface area contributed by atoms with Gasteiger partial charge in [-0.3, -0.25) is 0 Å². The summed E-state index contributed by atoms with van der Waals surface area (Å²) >= 11 is 0. The Labute approximate surface area is 133 Å². The summed E-state index contributed by atoms with van der Waals surface area (Å²) in [6.07, 6.45) is -3.54. The van der Waals surface area contributed by atoms with Gasteiger partial charge in [-0.1, -0.05) is 12.1 Å². The summed E-state index contributed by atoms with van der Waals surface area (Å²) in [6.45, 7) is 2.24. The zero-order valence-corrected chi connectivity index (χ0v) is 13.4. The van der Waals surface area contributed by atoms with Gasteiger partial charge >= 0.3 is 6.36 Å². The van der Waals surface area contributed by atoms with Crippen molar-refractivity contribution in [2.45, 2.75) is 37.1 Å². The lowest BCUT2D eigenvalue weighted by Crippen LogP contribution is -2.45. The molecule has 0 aliphatic carbocycles. The molecule has 5 nitrogen and oxygen atoms in total. The first kappa shape index (κ1) is 18.0. The highest BCUT2D eigenvalue weighted by Crippen LogP contribution is 2.33. The summed E-state index contributed by atoms with van der Waals surface area (Å²) in [5.41, 5.74) is 5.83. The molecule has 1 aromatic rings. The van der Waals surface area contributed by atoms with Gasteiger partial charge in [0.15, 0.2) is 0 Å². The summed E-state index contributed by atoms with van der Waals surface area (Å²) in [7, 11) is -4.08. The van der Waals surface area contributed by atoms with Crippen molar-refractivity contribution in [3.05, 3.63) is 24.3 Å². The van der Waals surface area contributed by atoms with Gasteiger partial charge in [-0.2, -0.15) is 4.31 Å². The Morgan fingerprint density at radius 1 is 1.35 bits per heavy atom. The second-order valence-corrected chi connectivity index (χ2v) is 7.53. The van der Waals surface area contributed by atoms with Crippen LogP contribution >= 0.6 is 0 Å². The average Bonchev–Trinajstić information content (AvgIpc) is 2.46. The van der Waals surface area contributed by atoms with Crippen molar-refractivity contribution >= 4 is 10.0 Å². The molecule has 0 saturated carbocycles. The van der Waals surface area contributed by atoms with Crippen molar-refractivity contribution in [2.24, 2.45) is 11.7 Å². The van der Waals surface area contributed by atoms with Crippen molar-refractivity contribution in [1.29, 1.82) is 0 Å². The van der Waals surface area contributed by atoms with E-state index in [1.807, 2.05) is 0 Å². The van der Waals surface area contributed by atoms with E-state index in [0.717, 1.165) is 18.6 Å². The van der Waals surface area contributed by atoms with Gasteiger partial charge in [0.1, 0.15) is 10.6 Å². The standard InChI is InChI=1S/C14H19F3N2O3S/c1-10(18)11-5-4-8-19(9-11)23(20,21)13-7-3-2-6-12(13)22-14(15,16)17/h2-3,6-7,10-11H,4-5,8-9,18H2,1H3/t10-,11+/m0/s1. The van der Waals surface area contributed by atoms with Crippen LogP contribution in [0.5, 0.6) is 5.75 Å². The molecule has 1 aliphatic heterocycles. The van der Waals surface area contributed by atoms with E-state index in [-0.39, 0.29) is 25.0 Å². The Hall–Kier alpha value is -1.32. The number of ether oxygens (including phenoxy) is 1. The Morgan fingerprint density at radius 3 is 2.61 bits per heavy atom. The smallest absolute Gasteiger partial charge is 0.404 e. The number of nitrogens with two attached hydrogens (primary N) is 1. The third-order valence-electron chi connectivity index (χ3n) is 3.86. The number of halogens is 3. The van der Waals surface area contributed by atoms with E-state index in [0.29, 0.717) is 6.42 Å². The van der Waals surface area contributed by atoms with Crippen molar-refractivity contribution in [2.75, 3.05) is 13.1 Å². The largest absolute Gasteiger partial charge is 0.573 e. The molecule has 0 bridgehead atoms. The van der Waals surface area contributed by atoms with E-state index in [1.54, 1.807) is 6.92 Å². The Bertz CT molecular complexity index is 647. The van der Waals surface area contributed by atoms with Crippen molar-refractivity contribution in [3.63, 3.8) is 0 Å². The van der Waals surface area contributed by atoms with Crippen LogP contribution in [-0.2, 0) is 10.0 Å². The summed E-state index contributed by atoms with van der Waals surface area (Å²) in [4.78, 5) is -0.484. The first-order valence-corrected chi connectivity index (χ1v) is 8.66. The van der Waals surface area contributed by atoms with Gasteiger partial charge in [-0.05, 0) is 37.8 Å². The number of sulfonamides is 1. The molecule has 1 aromatic carbocycles. The number of alkyl halides is 3. The molecule has 1 heterocycles. The van der Waals surface area contributed by atoms with Gasteiger partial charge in [0.25, 0.3) is 0 Å². The van der Waals surface area contributed by atoms with Crippen molar-refractivity contribution < 1.29 is 26.3 Å². The van der Waals surface area contributed by atoms with E-state index in [2.05, 4.69) is 4.74 Å². The van der Waals surface area contributed by atoms with E-state index in [9.17, 15) is 21.6 Å². The molecule has 9 heteroatoms. The van der Waals surface area contributed by atoms with Crippen LogP contribution in [0.25, 0.3) is 0 Å². The molecule has 23 heavy (non-hydrogen) atoms. The van der Waals surface area contributed by atoms with E-state index in [4.69, 9.17) is 5.73 Å². The van der Waals surface area contributed by atoms with Crippen LogP contribution < -0.4 is 10.5 Å². The van der Waals surface area contributed by atoms with Gasteiger partial charge in [-0.15, -0.1) is 13.2 Å². The van der Waals surface area contributed by atoms with E-state index >= 15 is 0 Å². The minimum Gasteiger partial charge on any atom is -0.404 e. The molecule has 1 aliphatic rings. The predicted octanol–water partition coefficient (Wildman–Crippen LogP) is 2.33. The van der Waals surface area contributed by atoms with Gasteiger partial charge in [0, 0.05) is 19.1 Å². The lowest BCUT2D eigenvalue weighted by Gasteiger charge is -2.34. The number of hydrogen-bond acceptors (Lipinski definition) is 4. The molecule has 0 spiro atoms. The number of hydrogen-bond donors (Lipinski definition) is 1. The van der Waals surface area contributed by atoms with Crippen LogP contribution in [0.4, 0.5) is 13.2 Å². The van der Waals surface area contributed by atoms with E-state index < -0.39 is 27.0 Å². The van der Waals surface area contributed by atoms with Crippen LogP contribution in [0, 0.1) is 5.92 Å². The molecule has 1 fully saturated rings. The molecular weight excluding hydrogens is 333 g/mol. The topological polar surface area (TPSA) is 72.6 Å². The summed E-state index contributed by atoms with van der Waals surface area (Å²) in [6, 6.07) is 4.58. The summed E-state index contributed by atoms with van der Waals surface area (Å²) in [5.74, 6) is -0.739. The number of piperidine rings is 1. The maximum atomic E-state index is 12.7. The quantitative estimate of drug-likeness (QED) is 0.903. The second-order valence-electron chi connectivity index (χ2n) is 5.62. The third-order valence-corrected chi connectivity index (χ3v) is 5.76. The van der Waals surface area contributed by atoms with Gasteiger partial charge in [0.2, 0.25) is 10.0 Å². The van der Waals surface area contributed by atoms with Gasteiger partial charge in [0.05, 0.1) is 0 Å². The highest BCUT2D eigenvalue weighted by molar-refractivity contribution is 7.89. The zero-order chi connectivity index (χ0) is 17.3. The highest BCUT2D eigenvalue weighted by Gasteiger charge is 2.37. The van der Waals surface area contributed by atoms with Crippen LogP contribution in [-0.4, -0.2) is 38.2 Å². The van der Waals surface area contributed by atoms with Crippen molar-refractivity contribution in [1.82, 2.24) is 4.31 Å². The molecule has 0 amide bonds. The molecule has 130 valence electrons. The first-order valence-electron chi connectivity index (χ1n) is 7.22. The minimum atomic E-state index is -4.96. The van der Waals surface area contributed by atoms with Crippen LogP contribution in [0.15, 0.2) is 29.2 Å². The number of nitrogens with zero attached hydrogens (tertiary/aromatic N) is 1. The highest BCUT2D eigenvalue weighted by atomic mass is 32.2. The average molecular weight is 352 g/mol. The lowest BCUT2D eigenvalue weighted by atomic mass is 9.93. The monoisotopic (exact) mass is 352 g/mol. The fourth-order valence-corrected chi connectivity index (χ4v) is 4.28. The SMILES string of the molecule is C[C@H](N)[C@@H]1CCCN(S(=O)(=O)c2ccccc2OC(F)(F)F)C1. The lowest BCUT2D eigenvalue weighted by molar-refractivity contribution is -0.275. The molecule has 1 saturated heterocycles. The summed E-state index contributed by atoms with van der Waals surface area (Å²) in [5, 5.41) is 0. The van der Waals surface area contributed by atoms with Crippen LogP contribution in [0.2, 0.25) is 0 Å². The second kappa shape index (κ2) is 6.66. The Kier molecular flexibility index (Phi) is 5.22. The number of benzene rings is 1. The maximum Gasteiger partial charge on any atom is 0.573 e. The minimum absolute atomic E-state index is 0.0192. The fraction of sp³-hybridized carbons (Fsp3) is 0.571. The van der Waals surface area contributed by atoms with Gasteiger partial charge in [-0.25, -0.2) is 8.42 Å². The fourth-order valence-electron chi connectivity index (χ4n) is 2.63. The van der Waals surface area contributed by atoms with Crippen LogP contribution in [0.1, 0.15) is 19.8 Å². The Morgan fingerprint density at radius 2 is 2.00 bits per heavy atom. The molecule has 0 unspecified atom stereocenters. The zero-order valence-electron chi connectivity index (χ0n) is 12.6. The van der Waals surface area contributed by atoms with Crippen LogP contribution in [0.3, 0.4) is 0 Å². The summed E-state index contributed by atoms with van der Waals surface area (Å²) < 4.78 is 67.9. The molecule has 0 radical (unpaired) electrons. The maximum absolute atomic E-state index is 12.7. The molecule has 0 aromatic heterocycles. The first-order chi connectivity index (χ1) is 10.6. The molecule has 2 rings (SSSR count). The molecular formula is C14H19F3N2O3S.